The molecular formula is C11H15N3O3. The van der Waals surface area contributed by atoms with Gasteiger partial charge in [-0.3, -0.25) is 9.59 Å². The predicted octanol–water partition coefficient (Wildman–Crippen LogP) is 0.435. The lowest BCUT2D eigenvalue weighted by Crippen LogP contribution is -2.42. The van der Waals surface area contributed by atoms with E-state index < -0.39 is 0 Å². The fraction of sp³-hybridized carbons (Fsp3) is 0.545. The summed E-state index contributed by atoms with van der Waals surface area (Å²) < 4.78 is 4.71. The Kier molecular flexibility index (Phi) is 3.41. The molecule has 0 bridgehead atoms. The lowest BCUT2D eigenvalue weighted by atomic mass is 9.98. The van der Waals surface area contributed by atoms with Crippen LogP contribution in [-0.4, -0.2) is 46.9 Å². The smallest absolute Gasteiger partial charge is 0.310 e. The number of H-pyrrole nitrogens is 1. The maximum Gasteiger partial charge on any atom is 0.310 e. The highest BCUT2D eigenvalue weighted by Crippen LogP contribution is 2.19. The molecule has 2 rings (SSSR count). The van der Waals surface area contributed by atoms with E-state index in [4.69, 9.17) is 4.74 Å². The Labute approximate surface area is 99.0 Å². The number of methoxy groups -OCH3 is 1. The van der Waals surface area contributed by atoms with Crippen LogP contribution >= 0.6 is 0 Å². The van der Waals surface area contributed by atoms with E-state index in [9.17, 15) is 9.59 Å². The third-order valence-electron chi connectivity index (χ3n) is 2.97. The van der Waals surface area contributed by atoms with Gasteiger partial charge in [0.2, 0.25) is 0 Å². The predicted molar refractivity (Wildman–Crippen MR) is 59.2 cm³/mol. The van der Waals surface area contributed by atoms with Crippen LogP contribution in [0.1, 0.15) is 23.3 Å². The zero-order chi connectivity index (χ0) is 12.3. The van der Waals surface area contributed by atoms with Crippen LogP contribution in [-0.2, 0) is 9.53 Å². The zero-order valence-corrected chi connectivity index (χ0v) is 9.68. The Balaban J connectivity index is 2.02. The molecule has 17 heavy (non-hydrogen) atoms. The summed E-state index contributed by atoms with van der Waals surface area (Å²) in [6, 6.07) is 0. The lowest BCUT2D eigenvalue weighted by molar-refractivity contribution is -0.146. The molecule has 1 aliphatic heterocycles. The molecule has 6 heteroatoms. The number of carbonyl (C=O) groups is 2. The first-order valence-electron chi connectivity index (χ1n) is 5.58. The number of aromatic nitrogens is 2. The number of likely N-dealkylation sites (tertiary alicyclic amines) is 1. The molecular weight excluding hydrogens is 222 g/mol. The van der Waals surface area contributed by atoms with E-state index in [2.05, 4.69) is 9.97 Å². The number of nitrogens with zero attached hydrogens (tertiary/aromatic N) is 2. The van der Waals surface area contributed by atoms with Crippen LogP contribution in [0.4, 0.5) is 0 Å². The maximum atomic E-state index is 12.0. The monoisotopic (exact) mass is 237 g/mol. The molecule has 2 heterocycles. The van der Waals surface area contributed by atoms with Gasteiger partial charge in [0.15, 0.2) is 0 Å². The quantitative estimate of drug-likeness (QED) is 0.757. The Morgan fingerprint density at radius 3 is 3.06 bits per heavy atom. The average Bonchev–Trinajstić information content (AvgIpc) is 2.91. The number of rotatable bonds is 2. The minimum absolute atomic E-state index is 0.115. The fourth-order valence-electron chi connectivity index (χ4n) is 2.06. The number of carbonyl (C=O) groups excluding carboxylic acids is 2. The van der Waals surface area contributed by atoms with Gasteiger partial charge in [-0.2, -0.15) is 0 Å². The van der Waals surface area contributed by atoms with Crippen molar-refractivity contribution in [3.05, 3.63) is 18.2 Å². The molecule has 1 aromatic rings. The van der Waals surface area contributed by atoms with E-state index in [1.165, 1.54) is 19.6 Å². The Morgan fingerprint density at radius 1 is 1.59 bits per heavy atom. The van der Waals surface area contributed by atoms with Crippen molar-refractivity contribution in [3.63, 3.8) is 0 Å². The third-order valence-corrected chi connectivity index (χ3v) is 2.97. The number of hydrogen-bond acceptors (Lipinski definition) is 4. The van der Waals surface area contributed by atoms with Crippen molar-refractivity contribution in [1.82, 2.24) is 14.9 Å². The molecule has 0 spiro atoms. The fourth-order valence-corrected chi connectivity index (χ4v) is 2.06. The van der Waals surface area contributed by atoms with Gasteiger partial charge in [-0.15, -0.1) is 0 Å². The van der Waals surface area contributed by atoms with Crippen molar-refractivity contribution < 1.29 is 14.3 Å². The van der Waals surface area contributed by atoms with Crippen molar-refractivity contribution in [2.45, 2.75) is 12.8 Å². The summed E-state index contributed by atoms with van der Waals surface area (Å²) in [5.41, 5.74) is 0.454. The van der Waals surface area contributed by atoms with Crippen LogP contribution in [0, 0.1) is 5.92 Å². The molecule has 1 saturated heterocycles. The van der Waals surface area contributed by atoms with E-state index in [1.54, 1.807) is 4.90 Å². The van der Waals surface area contributed by atoms with Gasteiger partial charge >= 0.3 is 5.97 Å². The largest absolute Gasteiger partial charge is 0.469 e. The highest BCUT2D eigenvalue weighted by Gasteiger charge is 2.29. The Hall–Kier alpha value is -1.85. The van der Waals surface area contributed by atoms with E-state index in [-0.39, 0.29) is 17.8 Å². The van der Waals surface area contributed by atoms with E-state index in [0.29, 0.717) is 18.8 Å². The first kappa shape index (κ1) is 11.6. The summed E-state index contributed by atoms with van der Waals surface area (Å²) >= 11 is 0. The number of hydrogen-bond donors (Lipinski definition) is 1. The van der Waals surface area contributed by atoms with E-state index in [0.717, 1.165) is 12.8 Å². The summed E-state index contributed by atoms with van der Waals surface area (Å²) in [6.45, 7) is 1.09. The third kappa shape index (κ3) is 2.46. The molecule has 0 radical (unpaired) electrons. The Bertz CT molecular complexity index is 402. The number of imidazole rings is 1. The van der Waals surface area contributed by atoms with Crippen molar-refractivity contribution in [3.8, 4) is 0 Å². The van der Waals surface area contributed by atoms with Gasteiger partial charge in [0.1, 0.15) is 5.69 Å². The molecule has 1 aromatic heterocycles. The minimum atomic E-state index is -0.243. The first-order valence-corrected chi connectivity index (χ1v) is 5.58. The van der Waals surface area contributed by atoms with Crippen LogP contribution < -0.4 is 0 Å². The van der Waals surface area contributed by atoms with Crippen molar-refractivity contribution >= 4 is 11.9 Å². The number of amides is 1. The Morgan fingerprint density at radius 2 is 2.41 bits per heavy atom. The van der Waals surface area contributed by atoms with Gasteiger partial charge in [-0.25, -0.2) is 4.98 Å². The van der Waals surface area contributed by atoms with Crippen LogP contribution in [0.2, 0.25) is 0 Å². The van der Waals surface area contributed by atoms with Crippen LogP contribution in [0.3, 0.4) is 0 Å². The topological polar surface area (TPSA) is 75.3 Å². The van der Waals surface area contributed by atoms with Gasteiger partial charge in [0.25, 0.3) is 5.91 Å². The number of ether oxygens (including phenoxy) is 1. The second-order valence-electron chi connectivity index (χ2n) is 4.08. The number of aromatic amines is 1. The molecule has 92 valence electrons. The molecule has 1 amide bonds. The minimum Gasteiger partial charge on any atom is -0.469 e. The lowest BCUT2D eigenvalue weighted by Gasteiger charge is -2.30. The van der Waals surface area contributed by atoms with Gasteiger partial charge in [0.05, 0.1) is 25.6 Å². The molecule has 6 nitrogen and oxygen atoms in total. The van der Waals surface area contributed by atoms with Crippen LogP contribution in [0.15, 0.2) is 12.5 Å². The van der Waals surface area contributed by atoms with Crippen molar-refractivity contribution in [2.24, 2.45) is 5.92 Å². The van der Waals surface area contributed by atoms with Crippen LogP contribution in [0.5, 0.6) is 0 Å². The highest BCUT2D eigenvalue weighted by molar-refractivity contribution is 5.92. The summed E-state index contributed by atoms with van der Waals surface area (Å²) in [5, 5.41) is 0. The van der Waals surface area contributed by atoms with Gasteiger partial charge in [0, 0.05) is 13.1 Å². The zero-order valence-electron chi connectivity index (χ0n) is 9.68. The SMILES string of the molecule is COC(=O)[C@H]1CCCN(C(=O)c2cnc[nH]2)C1. The molecule has 1 aliphatic rings. The molecule has 0 aliphatic carbocycles. The average molecular weight is 237 g/mol. The van der Waals surface area contributed by atoms with E-state index >= 15 is 0 Å². The number of piperidine rings is 1. The molecule has 1 fully saturated rings. The standard InChI is InChI=1S/C11H15N3O3/c1-17-11(16)8-3-2-4-14(6-8)10(15)9-5-12-7-13-9/h5,7-8H,2-4,6H2,1H3,(H,12,13)/t8-/m0/s1. The van der Waals surface area contributed by atoms with Gasteiger partial charge in [-0.05, 0) is 12.8 Å². The van der Waals surface area contributed by atoms with Gasteiger partial charge < -0.3 is 14.6 Å². The molecule has 0 aromatic carbocycles. The summed E-state index contributed by atoms with van der Waals surface area (Å²) in [7, 11) is 1.37. The van der Waals surface area contributed by atoms with E-state index in [1.807, 2.05) is 0 Å². The molecule has 0 saturated carbocycles. The molecule has 1 N–H and O–H groups in total. The maximum absolute atomic E-state index is 12.0. The molecule has 1 atom stereocenters. The summed E-state index contributed by atoms with van der Waals surface area (Å²) in [4.78, 5) is 31.7. The normalized spacial score (nSPS) is 20.1. The van der Waals surface area contributed by atoms with Crippen molar-refractivity contribution in [2.75, 3.05) is 20.2 Å². The summed E-state index contributed by atoms with van der Waals surface area (Å²) in [5.74, 6) is -0.566. The first-order chi connectivity index (χ1) is 8.22. The highest BCUT2D eigenvalue weighted by atomic mass is 16.5. The summed E-state index contributed by atoms with van der Waals surface area (Å²) in [6.07, 6.45) is 4.55. The second-order valence-corrected chi connectivity index (χ2v) is 4.08. The van der Waals surface area contributed by atoms with Gasteiger partial charge in [-0.1, -0.05) is 0 Å². The van der Waals surface area contributed by atoms with Crippen LogP contribution in [0.25, 0.3) is 0 Å². The molecule has 0 unspecified atom stereocenters. The second kappa shape index (κ2) is 4.99. The van der Waals surface area contributed by atoms with Crippen molar-refractivity contribution in [1.29, 1.82) is 0 Å². The number of nitrogens with one attached hydrogen (secondary N) is 1. The number of esters is 1.